The lowest BCUT2D eigenvalue weighted by atomic mass is 10.1. The monoisotopic (exact) mass is 233 g/mol. The zero-order valence-corrected chi connectivity index (χ0v) is 9.91. The van der Waals surface area contributed by atoms with Crippen LogP contribution in [0.25, 0.3) is 11.3 Å². The van der Waals surface area contributed by atoms with E-state index in [0.29, 0.717) is 17.9 Å². The van der Waals surface area contributed by atoms with Gasteiger partial charge in [0, 0.05) is 16.8 Å². The Morgan fingerprint density at radius 2 is 2.18 bits per heavy atom. The molecule has 4 heteroatoms. The fourth-order valence-electron chi connectivity index (χ4n) is 1.79. The number of aromatic nitrogens is 1. The second-order valence-electron chi connectivity index (χ2n) is 3.94. The van der Waals surface area contributed by atoms with Gasteiger partial charge in [0.1, 0.15) is 18.1 Å². The van der Waals surface area contributed by atoms with Crippen molar-refractivity contribution in [1.29, 1.82) is 0 Å². The van der Waals surface area contributed by atoms with Crippen molar-refractivity contribution in [3.63, 3.8) is 0 Å². The average Bonchev–Trinajstić information content (AvgIpc) is 2.78. The Kier molecular flexibility index (Phi) is 3.15. The third-order valence-electron chi connectivity index (χ3n) is 2.78. The fraction of sp³-hybridized carbons (Fsp3) is 0.308. The Morgan fingerprint density at radius 3 is 2.76 bits per heavy atom. The first-order chi connectivity index (χ1) is 8.15. The van der Waals surface area contributed by atoms with Gasteiger partial charge in [0.15, 0.2) is 0 Å². The normalized spacial score (nSPS) is 10.8. The average molecular weight is 233 g/mol. The lowest BCUT2D eigenvalue weighted by Gasteiger charge is -2.05. The van der Waals surface area contributed by atoms with Gasteiger partial charge in [0.2, 0.25) is 0 Å². The van der Waals surface area contributed by atoms with Gasteiger partial charge in [-0.05, 0) is 31.5 Å². The van der Waals surface area contributed by atoms with Crippen LogP contribution >= 0.6 is 0 Å². The summed E-state index contributed by atoms with van der Waals surface area (Å²) < 4.78 is 5.47. The number of hydrogen-bond donors (Lipinski definition) is 2. The van der Waals surface area contributed by atoms with Crippen molar-refractivity contribution in [3.05, 3.63) is 45.6 Å². The van der Waals surface area contributed by atoms with E-state index in [9.17, 15) is 4.79 Å². The molecule has 2 rings (SSSR count). The van der Waals surface area contributed by atoms with Crippen molar-refractivity contribution in [2.24, 2.45) is 0 Å². The summed E-state index contributed by atoms with van der Waals surface area (Å²) in [5.74, 6) is 1.18. The van der Waals surface area contributed by atoms with Gasteiger partial charge >= 0.3 is 0 Å². The minimum Gasteiger partial charge on any atom is -0.459 e. The minimum atomic E-state index is -0.122. The molecule has 0 amide bonds. The molecule has 0 unspecified atom stereocenters. The van der Waals surface area contributed by atoms with Crippen molar-refractivity contribution in [2.45, 2.75) is 26.9 Å². The molecule has 0 saturated heterocycles. The quantitative estimate of drug-likeness (QED) is 0.852. The van der Waals surface area contributed by atoms with Crippen LogP contribution in [0, 0.1) is 6.92 Å². The lowest BCUT2D eigenvalue weighted by molar-refractivity contribution is 0.248. The molecule has 0 aliphatic heterocycles. The van der Waals surface area contributed by atoms with Crippen molar-refractivity contribution >= 4 is 0 Å². The number of aliphatic hydroxyl groups excluding tert-OH is 1. The number of nitrogens with one attached hydrogen (secondary N) is 1. The van der Waals surface area contributed by atoms with E-state index in [1.807, 2.05) is 19.9 Å². The highest BCUT2D eigenvalue weighted by molar-refractivity contribution is 5.61. The first-order valence-electron chi connectivity index (χ1n) is 5.58. The van der Waals surface area contributed by atoms with Crippen LogP contribution in [-0.2, 0) is 13.0 Å². The van der Waals surface area contributed by atoms with E-state index < -0.39 is 0 Å². The maximum Gasteiger partial charge on any atom is 0.251 e. The summed E-state index contributed by atoms with van der Waals surface area (Å²) in [6.45, 7) is 3.64. The van der Waals surface area contributed by atoms with E-state index in [4.69, 9.17) is 9.52 Å². The van der Waals surface area contributed by atoms with Gasteiger partial charge in [-0.2, -0.15) is 0 Å². The Hall–Kier alpha value is -1.81. The van der Waals surface area contributed by atoms with E-state index in [1.54, 1.807) is 12.1 Å². The molecule has 90 valence electrons. The van der Waals surface area contributed by atoms with Crippen molar-refractivity contribution < 1.29 is 9.52 Å². The first-order valence-corrected chi connectivity index (χ1v) is 5.58. The van der Waals surface area contributed by atoms with Gasteiger partial charge in [-0.15, -0.1) is 0 Å². The molecule has 0 spiro atoms. The number of pyridine rings is 1. The molecule has 0 aliphatic carbocycles. The predicted octanol–water partition coefficient (Wildman–Crippen LogP) is 2.00. The third kappa shape index (κ3) is 2.17. The Morgan fingerprint density at radius 1 is 1.41 bits per heavy atom. The van der Waals surface area contributed by atoms with E-state index in [1.165, 1.54) is 0 Å². The van der Waals surface area contributed by atoms with Crippen LogP contribution in [0.5, 0.6) is 0 Å². The third-order valence-corrected chi connectivity index (χ3v) is 2.78. The van der Waals surface area contributed by atoms with Gasteiger partial charge in [0.05, 0.1) is 0 Å². The first kappa shape index (κ1) is 11.7. The van der Waals surface area contributed by atoms with E-state index in [2.05, 4.69) is 4.98 Å². The van der Waals surface area contributed by atoms with Crippen LogP contribution in [-0.4, -0.2) is 10.1 Å². The molecule has 0 aromatic carbocycles. The Bertz CT molecular complexity index is 581. The van der Waals surface area contributed by atoms with Gasteiger partial charge in [-0.3, -0.25) is 4.79 Å². The number of H-pyrrole nitrogens is 1. The smallest absolute Gasteiger partial charge is 0.251 e. The number of rotatable bonds is 3. The Balaban J connectivity index is 2.54. The number of aromatic amines is 1. The maximum atomic E-state index is 11.6. The van der Waals surface area contributed by atoms with Gasteiger partial charge in [0.25, 0.3) is 5.56 Å². The van der Waals surface area contributed by atoms with Crippen LogP contribution in [0.1, 0.15) is 23.9 Å². The van der Waals surface area contributed by atoms with Gasteiger partial charge in [-0.25, -0.2) is 0 Å². The number of furan rings is 1. The minimum absolute atomic E-state index is 0.0531. The molecule has 0 saturated carbocycles. The highest BCUT2D eigenvalue weighted by Crippen LogP contribution is 2.24. The maximum absolute atomic E-state index is 11.6. The largest absolute Gasteiger partial charge is 0.459 e. The molecular weight excluding hydrogens is 218 g/mol. The molecule has 0 atom stereocenters. The molecule has 17 heavy (non-hydrogen) atoms. The summed E-state index contributed by atoms with van der Waals surface area (Å²) in [5, 5.41) is 8.96. The SMILES string of the molecule is CCc1cc(-c2ccc(CO)o2)c(C)[nH]c1=O. The molecule has 2 aromatic heterocycles. The summed E-state index contributed by atoms with van der Waals surface area (Å²) in [5.41, 5.74) is 2.31. The number of hydrogen-bond acceptors (Lipinski definition) is 3. The standard InChI is InChI=1S/C13H15NO3/c1-3-9-6-11(8(2)14-13(9)16)12-5-4-10(7-15)17-12/h4-6,15H,3,7H2,1-2H3,(H,14,16). The molecule has 4 nitrogen and oxygen atoms in total. The second kappa shape index (κ2) is 4.59. The second-order valence-corrected chi connectivity index (χ2v) is 3.94. The molecule has 0 aliphatic rings. The molecule has 2 heterocycles. The molecular formula is C13H15NO3. The van der Waals surface area contributed by atoms with Crippen molar-refractivity contribution in [1.82, 2.24) is 4.98 Å². The van der Waals surface area contributed by atoms with Crippen LogP contribution in [0.4, 0.5) is 0 Å². The molecule has 2 aromatic rings. The number of aliphatic hydroxyl groups is 1. The van der Waals surface area contributed by atoms with E-state index in [-0.39, 0.29) is 12.2 Å². The molecule has 0 bridgehead atoms. The van der Waals surface area contributed by atoms with E-state index in [0.717, 1.165) is 16.8 Å². The summed E-state index contributed by atoms with van der Waals surface area (Å²) in [7, 11) is 0. The fourth-order valence-corrected chi connectivity index (χ4v) is 1.79. The summed E-state index contributed by atoms with van der Waals surface area (Å²) >= 11 is 0. The van der Waals surface area contributed by atoms with Crippen molar-refractivity contribution in [3.8, 4) is 11.3 Å². The Labute approximate surface area is 98.9 Å². The summed E-state index contributed by atoms with van der Waals surface area (Å²) in [6, 6.07) is 5.37. The van der Waals surface area contributed by atoms with Gasteiger partial charge < -0.3 is 14.5 Å². The highest BCUT2D eigenvalue weighted by atomic mass is 16.4. The number of aryl methyl sites for hydroxylation is 2. The molecule has 0 radical (unpaired) electrons. The van der Waals surface area contributed by atoms with Crippen LogP contribution < -0.4 is 5.56 Å². The zero-order chi connectivity index (χ0) is 12.4. The zero-order valence-electron chi connectivity index (χ0n) is 9.91. The topological polar surface area (TPSA) is 66.2 Å². The lowest BCUT2D eigenvalue weighted by Crippen LogP contribution is -2.13. The molecule has 0 fully saturated rings. The molecule has 2 N–H and O–H groups in total. The van der Waals surface area contributed by atoms with Crippen LogP contribution in [0.15, 0.2) is 27.4 Å². The van der Waals surface area contributed by atoms with Crippen LogP contribution in [0.3, 0.4) is 0 Å². The highest BCUT2D eigenvalue weighted by Gasteiger charge is 2.10. The van der Waals surface area contributed by atoms with Gasteiger partial charge in [-0.1, -0.05) is 6.92 Å². The van der Waals surface area contributed by atoms with E-state index >= 15 is 0 Å². The van der Waals surface area contributed by atoms with Crippen LogP contribution in [0.2, 0.25) is 0 Å². The predicted molar refractivity (Wildman–Crippen MR) is 64.8 cm³/mol. The summed E-state index contributed by atoms with van der Waals surface area (Å²) in [4.78, 5) is 14.4. The summed E-state index contributed by atoms with van der Waals surface area (Å²) in [6.07, 6.45) is 0.677. The van der Waals surface area contributed by atoms with Crippen molar-refractivity contribution in [2.75, 3.05) is 0 Å².